The van der Waals surface area contributed by atoms with Gasteiger partial charge < -0.3 is 5.11 Å². The Morgan fingerprint density at radius 3 is 3.13 bits per heavy atom. The number of carbonyl (C=O) groups excluding carboxylic acids is 1. The van der Waals surface area contributed by atoms with Crippen LogP contribution in [0, 0.1) is 11.8 Å². The summed E-state index contributed by atoms with van der Waals surface area (Å²) >= 11 is 0. The van der Waals surface area contributed by atoms with Gasteiger partial charge >= 0.3 is 5.97 Å². The number of carboxylic acid groups (broad SMARTS) is 1. The Balaban J connectivity index is 2.47. The van der Waals surface area contributed by atoms with E-state index < -0.39 is 12.8 Å². The summed E-state index contributed by atoms with van der Waals surface area (Å²) in [6, 6.07) is 0. The molecule has 3 heteroatoms. The Morgan fingerprint density at radius 2 is 2.47 bits per heavy atom. The van der Waals surface area contributed by atoms with Gasteiger partial charge in [-0.3, -0.25) is 9.59 Å². The first-order chi connectivity index (χ1) is 8.29. The van der Waals surface area contributed by atoms with E-state index in [9.17, 15) is 9.59 Å². The van der Waals surface area contributed by atoms with Gasteiger partial charge in [-0.15, -0.1) is 0 Å². The van der Waals surface area contributed by atoms with Gasteiger partial charge in [-0.1, -0.05) is 19.0 Å². The Labute approximate surface area is 94.4 Å². The predicted octanol–water partition coefficient (Wildman–Crippen LogP) is 2.41. The summed E-state index contributed by atoms with van der Waals surface area (Å²) in [4.78, 5) is 22.3. The Hall–Kier alpha value is -1.12. The summed E-state index contributed by atoms with van der Waals surface area (Å²) in [7, 11) is 0. The third kappa shape index (κ3) is 3.50. The molecule has 1 N–H and O–H groups in total. The highest BCUT2D eigenvalue weighted by Gasteiger charge is 2.34. The number of ketones is 1. The molecular weight excluding hydrogens is 192 g/mol. The maximum absolute atomic E-state index is 11.6. The van der Waals surface area contributed by atoms with Crippen molar-refractivity contribution in [1.29, 1.82) is 0 Å². The highest BCUT2D eigenvalue weighted by Crippen LogP contribution is 2.33. The van der Waals surface area contributed by atoms with Crippen molar-refractivity contribution < 1.29 is 18.8 Å². The number of allylic oxidation sites excluding steroid dienone is 2. The molecule has 1 aliphatic rings. The molecule has 0 unspecified atom stereocenters. The number of hydrogen-bond donors (Lipinski definition) is 1. The van der Waals surface area contributed by atoms with E-state index in [0.717, 1.165) is 0 Å². The number of rotatable bonds is 5. The van der Waals surface area contributed by atoms with Gasteiger partial charge in [0.1, 0.15) is 5.78 Å². The average molecular weight is 213 g/mol. The van der Waals surface area contributed by atoms with Gasteiger partial charge in [0.05, 0.1) is 0 Å². The maximum atomic E-state index is 11.6. The van der Waals surface area contributed by atoms with E-state index in [4.69, 9.17) is 9.22 Å². The number of aliphatic carboxylic acids is 1. The summed E-state index contributed by atoms with van der Waals surface area (Å²) in [5, 5.41) is 8.75. The minimum absolute atomic E-state index is 0.0164. The fourth-order valence-electron chi connectivity index (χ4n) is 2.10. The van der Waals surface area contributed by atoms with Crippen LogP contribution in [0.1, 0.15) is 43.1 Å². The SMILES string of the molecule is [2H]C([2H])([2H])C/C=C\C[C@@H]1C(=O)CC[C@H]1CC(=O)O. The van der Waals surface area contributed by atoms with Crippen molar-refractivity contribution in [3.05, 3.63) is 12.2 Å². The summed E-state index contributed by atoms with van der Waals surface area (Å²) in [5.41, 5.74) is 0. The van der Waals surface area contributed by atoms with Crippen LogP contribution >= 0.6 is 0 Å². The third-order valence-corrected chi connectivity index (χ3v) is 2.86. The largest absolute Gasteiger partial charge is 0.481 e. The Morgan fingerprint density at radius 1 is 1.67 bits per heavy atom. The molecule has 0 spiro atoms. The van der Waals surface area contributed by atoms with E-state index in [-0.39, 0.29) is 30.5 Å². The van der Waals surface area contributed by atoms with Crippen LogP contribution in [0.4, 0.5) is 0 Å². The lowest BCUT2D eigenvalue weighted by Gasteiger charge is -2.14. The summed E-state index contributed by atoms with van der Waals surface area (Å²) in [6.07, 6.45) is 4.76. The van der Waals surface area contributed by atoms with Crippen molar-refractivity contribution in [1.82, 2.24) is 0 Å². The second-order valence-corrected chi connectivity index (χ2v) is 3.88. The Kier molecular flexibility index (Phi) is 3.06. The molecule has 0 radical (unpaired) electrons. The number of Topliss-reactive ketones (excluding diaryl/α,β-unsaturated/α-hetero) is 1. The molecule has 84 valence electrons. The zero-order valence-electron chi connectivity index (χ0n) is 11.6. The van der Waals surface area contributed by atoms with Crippen LogP contribution in [0.2, 0.25) is 0 Å². The second kappa shape index (κ2) is 5.69. The molecule has 0 saturated heterocycles. The molecule has 0 aromatic rings. The van der Waals surface area contributed by atoms with Crippen LogP contribution in [0.3, 0.4) is 0 Å². The van der Waals surface area contributed by atoms with Crippen molar-refractivity contribution >= 4 is 11.8 Å². The van der Waals surface area contributed by atoms with E-state index in [2.05, 4.69) is 0 Å². The van der Waals surface area contributed by atoms with Crippen LogP contribution in [0.15, 0.2) is 12.2 Å². The second-order valence-electron chi connectivity index (χ2n) is 3.88. The monoisotopic (exact) mass is 213 g/mol. The first kappa shape index (κ1) is 8.08. The molecule has 0 bridgehead atoms. The van der Waals surface area contributed by atoms with Gasteiger partial charge in [-0.25, -0.2) is 0 Å². The maximum Gasteiger partial charge on any atom is 0.303 e. The molecule has 2 atom stereocenters. The Bertz CT molecular complexity index is 347. The van der Waals surface area contributed by atoms with Crippen LogP contribution < -0.4 is 0 Å². The van der Waals surface area contributed by atoms with Gasteiger partial charge in [0.15, 0.2) is 0 Å². The zero-order valence-corrected chi connectivity index (χ0v) is 8.61. The highest BCUT2D eigenvalue weighted by molar-refractivity contribution is 5.84. The van der Waals surface area contributed by atoms with Gasteiger partial charge in [0.25, 0.3) is 0 Å². The van der Waals surface area contributed by atoms with Gasteiger partial charge in [-0.05, 0) is 25.2 Å². The molecule has 1 fully saturated rings. The van der Waals surface area contributed by atoms with Crippen molar-refractivity contribution in [3.8, 4) is 0 Å². The summed E-state index contributed by atoms with van der Waals surface area (Å²) < 4.78 is 21.1. The smallest absolute Gasteiger partial charge is 0.303 e. The first-order valence-corrected chi connectivity index (χ1v) is 5.19. The van der Waals surface area contributed by atoms with E-state index in [1.165, 1.54) is 0 Å². The van der Waals surface area contributed by atoms with E-state index in [1.54, 1.807) is 12.2 Å². The van der Waals surface area contributed by atoms with Crippen LogP contribution in [0.25, 0.3) is 0 Å². The lowest BCUT2D eigenvalue weighted by Crippen LogP contribution is -2.17. The minimum atomic E-state index is -1.99. The molecule has 1 aliphatic carbocycles. The van der Waals surface area contributed by atoms with Crippen LogP contribution in [-0.4, -0.2) is 16.9 Å². The normalized spacial score (nSPS) is 30.1. The number of carbonyl (C=O) groups is 2. The number of carboxylic acids is 1. The zero-order chi connectivity index (χ0) is 13.8. The molecule has 0 aliphatic heterocycles. The molecular formula is C12H18O3. The highest BCUT2D eigenvalue weighted by atomic mass is 16.4. The molecule has 1 rings (SSSR count). The first-order valence-electron chi connectivity index (χ1n) is 6.69. The minimum Gasteiger partial charge on any atom is -0.481 e. The molecule has 1 saturated carbocycles. The third-order valence-electron chi connectivity index (χ3n) is 2.86. The van der Waals surface area contributed by atoms with Crippen LogP contribution in [-0.2, 0) is 9.59 Å². The van der Waals surface area contributed by atoms with Gasteiger partial charge in [0, 0.05) is 22.9 Å². The van der Waals surface area contributed by atoms with Crippen molar-refractivity contribution in [2.75, 3.05) is 0 Å². The van der Waals surface area contributed by atoms with Gasteiger partial charge in [-0.2, -0.15) is 0 Å². The van der Waals surface area contributed by atoms with Crippen LogP contribution in [0.5, 0.6) is 0 Å². The van der Waals surface area contributed by atoms with E-state index in [1.807, 2.05) is 0 Å². The molecule has 0 aromatic heterocycles. The number of hydrogen-bond acceptors (Lipinski definition) is 2. The fourth-order valence-corrected chi connectivity index (χ4v) is 2.10. The topological polar surface area (TPSA) is 54.4 Å². The lowest BCUT2D eigenvalue weighted by atomic mass is 9.89. The quantitative estimate of drug-likeness (QED) is 0.713. The molecule has 3 nitrogen and oxygen atoms in total. The predicted molar refractivity (Wildman–Crippen MR) is 57.5 cm³/mol. The summed E-state index contributed by atoms with van der Waals surface area (Å²) in [5.74, 6) is -1.15. The van der Waals surface area contributed by atoms with Gasteiger partial charge in [0.2, 0.25) is 0 Å². The van der Waals surface area contributed by atoms with Crippen molar-refractivity contribution in [2.24, 2.45) is 11.8 Å². The molecule has 0 heterocycles. The molecule has 15 heavy (non-hydrogen) atoms. The fraction of sp³-hybridized carbons (Fsp3) is 0.667. The lowest BCUT2D eigenvalue weighted by molar-refractivity contribution is -0.138. The van der Waals surface area contributed by atoms with Crippen molar-refractivity contribution in [3.63, 3.8) is 0 Å². The molecule has 0 aromatic carbocycles. The molecule has 0 amide bonds. The average Bonchev–Trinajstić information content (AvgIpc) is 2.53. The standard InChI is InChI=1S/C12H18O3/c1-2-3-4-5-10-9(8-12(14)15)6-7-11(10)13/h3-4,9-10H,2,5-8H2,1H3,(H,14,15)/b4-3-/t9-,10-/m0/s1/i1D3. The van der Waals surface area contributed by atoms with E-state index >= 15 is 0 Å². The van der Waals surface area contributed by atoms with Crippen molar-refractivity contribution in [2.45, 2.75) is 39.0 Å². The summed E-state index contributed by atoms with van der Waals surface area (Å²) in [6.45, 7) is -1.99. The van der Waals surface area contributed by atoms with E-state index in [0.29, 0.717) is 19.3 Å².